The molecule has 0 bridgehead atoms. The molecule has 1 heterocycles. The monoisotopic (exact) mass is 316 g/mol. The molecule has 19 heavy (non-hydrogen) atoms. The Kier molecular flexibility index (Phi) is 2.83. The lowest BCUT2D eigenvalue weighted by Crippen LogP contribution is -1.98. The van der Waals surface area contributed by atoms with Crippen molar-refractivity contribution >= 4 is 32.5 Å². The standard InChI is InChI=1S/C14H9BrN2O2/c15-11-5-6-13(14(9-11)17(18)19)16-8-7-10-3-1-2-4-12(10)16/h1-9H. The summed E-state index contributed by atoms with van der Waals surface area (Å²) < 4.78 is 2.53. The van der Waals surface area contributed by atoms with Crippen molar-refractivity contribution in [2.75, 3.05) is 0 Å². The van der Waals surface area contributed by atoms with E-state index in [1.165, 1.54) is 6.07 Å². The molecule has 1 aromatic heterocycles. The molecule has 0 amide bonds. The third kappa shape index (κ3) is 2.02. The van der Waals surface area contributed by atoms with Crippen LogP contribution in [0.3, 0.4) is 0 Å². The molecule has 3 rings (SSSR count). The number of nitrogens with zero attached hydrogens (tertiary/aromatic N) is 2. The van der Waals surface area contributed by atoms with Crippen LogP contribution in [0.4, 0.5) is 5.69 Å². The second-order valence-electron chi connectivity index (χ2n) is 4.13. The molecule has 0 spiro atoms. The highest BCUT2D eigenvalue weighted by Crippen LogP contribution is 2.29. The summed E-state index contributed by atoms with van der Waals surface area (Å²) in [7, 11) is 0. The maximum atomic E-state index is 11.2. The molecular formula is C14H9BrN2O2. The second-order valence-corrected chi connectivity index (χ2v) is 5.05. The number of hydrogen-bond acceptors (Lipinski definition) is 2. The first-order valence-corrected chi connectivity index (χ1v) is 6.46. The Hall–Kier alpha value is -2.14. The number of fused-ring (bicyclic) bond motifs is 1. The first-order chi connectivity index (χ1) is 9.16. The molecule has 3 aromatic rings. The van der Waals surface area contributed by atoms with Crippen LogP contribution in [0, 0.1) is 10.1 Å². The largest absolute Gasteiger partial charge is 0.311 e. The van der Waals surface area contributed by atoms with Crippen molar-refractivity contribution in [3.05, 3.63) is 69.3 Å². The molecule has 5 heteroatoms. The maximum absolute atomic E-state index is 11.2. The lowest BCUT2D eigenvalue weighted by molar-refractivity contribution is -0.384. The van der Waals surface area contributed by atoms with Gasteiger partial charge in [-0.3, -0.25) is 10.1 Å². The van der Waals surface area contributed by atoms with Crippen LogP contribution < -0.4 is 0 Å². The third-order valence-electron chi connectivity index (χ3n) is 2.99. The van der Waals surface area contributed by atoms with E-state index in [0.717, 1.165) is 10.9 Å². The summed E-state index contributed by atoms with van der Waals surface area (Å²) in [6.45, 7) is 0. The number of para-hydroxylation sites is 1. The van der Waals surface area contributed by atoms with Crippen LogP contribution in [0.15, 0.2) is 59.2 Å². The second kappa shape index (κ2) is 4.51. The SMILES string of the molecule is O=[N+]([O-])c1cc(Br)ccc1-n1ccc2ccccc21. The Labute approximate surface area is 117 Å². The van der Waals surface area contributed by atoms with Gasteiger partial charge in [0, 0.05) is 16.7 Å². The number of nitro benzene ring substituents is 1. The Morgan fingerprint density at radius 3 is 2.68 bits per heavy atom. The first kappa shape index (κ1) is 11.9. The van der Waals surface area contributed by atoms with Crippen molar-refractivity contribution in [3.63, 3.8) is 0 Å². The number of aromatic nitrogens is 1. The minimum Gasteiger partial charge on any atom is -0.311 e. The number of rotatable bonds is 2. The van der Waals surface area contributed by atoms with Crippen LogP contribution in [0.25, 0.3) is 16.6 Å². The first-order valence-electron chi connectivity index (χ1n) is 5.67. The highest BCUT2D eigenvalue weighted by molar-refractivity contribution is 9.10. The molecule has 0 atom stereocenters. The molecule has 0 radical (unpaired) electrons. The predicted molar refractivity (Wildman–Crippen MR) is 77.6 cm³/mol. The van der Waals surface area contributed by atoms with Gasteiger partial charge in [0.2, 0.25) is 0 Å². The van der Waals surface area contributed by atoms with Crippen LogP contribution in [-0.4, -0.2) is 9.49 Å². The number of halogens is 1. The van der Waals surface area contributed by atoms with E-state index in [4.69, 9.17) is 0 Å². The normalized spacial score (nSPS) is 10.8. The zero-order valence-electron chi connectivity index (χ0n) is 9.79. The van der Waals surface area contributed by atoms with Crippen molar-refractivity contribution in [2.45, 2.75) is 0 Å². The van der Waals surface area contributed by atoms with Crippen molar-refractivity contribution in [3.8, 4) is 5.69 Å². The zero-order chi connectivity index (χ0) is 13.4. The van der Waals surface area contributed by atoms with E-state index in [1.807, 2.05) is 41.1 Å². The minimum atomic E-state index is -0.366. The average molecular weight is 317 g/mol. The molecule has 0 saturated carbocycles. The van der Waals surface area contributed by atoms with Gasteiger partial charge in [0.15, 0.2) is 0 Å². The fourth-order valence-corrected chi connectivity index (χ4v) is 2.49. The van der Waals surface area contributed by atoms with Gasteiger partial charge >= 0.3 is 0 Å². The van der Waals surface area contributed by atoms with Crippen molar-refractivity contribution in [1.82, 2.24) is 4.57 Å². The van der Waals surface area contributed by atoms with Gasteiger partial charge in [0.05, 0.1) is 10.4 Å². The molecule has 94 valence electrons. The Bertz CT molecular complexity index is 780. The molecule has 2 aromatic carbocycles. The van der Waals surface area contributed by atoms with Gasteiger partial charge < -0.3 is 4.57 Å². The van der Waals surface area contributed by atoms with Crippen LogP contribution in [0.5, 0.6) is 0 Å². The highest BCUT2D eigenvalue weighted by Gasteiger charge is 2.16. The quantitative estimate of drug-likeness (QED) is 0.522. The summed E-state index contributed by atoms with van der Waals surface area (Å²) in [5.41, 5.74) is 1.60. The van der Waals surface area contributed by atoms with Crippen LogP contribution in [-0.2, 0) is 0 Å². The number of hydrogen-bond donors (Lipinski definition) is 0. The molecule has 0 aliphatic rings. The van der Waals surface area contributed by atoms with Gasteiger partial charge in [-0.1, -0.05) is 34.1 Å². The predicted octanol–water partition coefficient (Wildman–Crippen LogP) is 4.30. The molecular weight excluding hydrogens is 308 g/mol. The molecule has 4 nitrogen and oxygen atoms in total. The van der Waals surface area contributed by atoms with Crippen LogP contribution in [0.2, 0.25) is 0 Å². The molecule has 0 saturated heterocycles. The van der Waals surface area contributed by atoms with Gasteiger partial charge in [-0.05, 0) is 29.7 Å². The molecule has 0 N–H and O–H groups in total. The maximum Gasteiger partial charge on any atom is 0.294 e. The molecule has 0 unspecified atom stereocenters. The summed E-state index contributed by atoms with van der Waals surface area (Å²) in [5.74, 6) is 0. The number of nitro groups is 1. The van der Waals surface area contributed by atoms with E-state index in [0.29, 0.717) is 10.2 Å². The van der Waals surface area contributed by atoms with E-state index >= 15 is 0 Å². The molecule has 0 fully saturated rings. The average Bonchev–Trinajstić information content (AvgIpc) is 2.82. The topological polar surface area (TPSA) is 48.1 Å². The minimum absolute atomic E-state index is 0.0794. The van der Waals surface area contributed by atoms with Crippen LogP contribution >= 0.6 is 15.9 Å². The summed E-state index contributed by atoms with van der Waals surface area (Å²) in [6, 6.07) is 14.8. The van der Waals surface area contributed by atoms with Gasteiger partial charge in [-0.25, -0.2) is 0 Å². The van der Waals surface area contributed by atoms with Gasteiger partial charge in [0.1, 0.15) is 5.69 Å². The fourth-order valence-electron chi connectivity index (χ4n) is 2.14. The molecule has 0 aliphatic heterocycles. The lowest BCUT2D eigenvalue weighted by Gasteiger charge is -2.06. The lowest BCUT2D eigenvalue weighted by atomic mass is 10.2. The van der Waals surface area contributed by atoms with E-state index in [-0.39, 0.29) is 10.6 Å². The van der Waals surface area contributed by atoms with E-state index in [9.17, 15) is 10.1 Å². The van der Waals surface area contributed by atoms with E-state index in [2.05, 4.69) is 15.9 Å². The third-order valence-corrected chi connectivity index (χ3v) is 3.49. The smallest absolute Gasteiger partial charge is 0.294 e. The van der Waals surface area contributed by atoms with E-state index in [1.54, 1.807) is 12.1 Å². The molecule has 0 aliphatic carbocycles. The van der Waals surface area contributed by atoms with Crippen molar-refractivity contribution in [2.24, 2.45) is 0 Å². The number of benzene rings is 2. The summed E-state index contributed by atoms with van der Waals surface area (Å²) >= 11 is 3.26. The Balaban J connectivity index is 2.30. The summed E-state index contributed by atoms with van der Waals surface area (Å²) in [6.07, 6.45) is 1.85. The summed E-state index contributed by atoms with van der Waals surface area (Å²) in [5, 5.41) is 12.2. The van der Waals surface area contributed by atoms with E-state index < -0.39 is 0 Å². The van der Waals surface area contributed by atoms with Gasteiger partial charge in [-0.15, -0.1) is 0 Å². The Morgan fingerprint density at radius 2 is 1.89 bits per heavy atom. The fraction of sp³-hybridized carbons (Fsp3) is 0. The van der Waals surface area contributed by atoms with Gasteiger partial charge in [-0.2, -0.15) is 0 Å². The Morgan fingerprint density at radius 1 is 1.11 bits per heavy atom. The van der Waals surface area contributed by atoms with Gasteiger partial charge in [0.25, 0.3) is 5.69 Å². The van der Waals surface area contributed by atoms with Crippen molar-refractivity contribution in [1.29, 1.82) is 0 Å². The van der Waals surface area contributed by atoms with Crippen LogP contribution in [0.1, 0.15) is 0 Å². The van der Waals surface area contributed by atoms with Crippen molar-refractivity contribution < 1.29 is 4.92 Å². The summed E-state index contributed by atoms with van der Waals surface area (Å²) in [4.78, 5) is 10.8. The zero-order valence-corrected chi connectivity index (χ0v) is 11.4. The highest BCUT2D eigenvalue weighted by atomic mass is 79.9.